The minimum atomic E-state index is -3.26. The molecule has 0 aromatic carbocycles. The van der Waals surface area contributed by atoms with E-state index in [0.717, 1.165) is 31.6 Å². The molecular weight excluding hydrogens is 264 g/mol. The SMILES string of the molecule is CCC1CCC(CN)(NS(=O)(=O)CCCOC)CC1. The summed E-state index contributed by atoms with van der Waals surface area (Å²) in [5.74, 6) is 0.831. The first-order chi connectivity index (χ1) is 8.97. The van der Waals surface area contributed by atoms with Crippen LogP contribution in [0.15, 0.2) is 0 Å². The lowest BCUT2D eigenvalue weighted by molar-refractivity contribution is 0.198. The summed E-state index contributed by atoms with van der Waals surface area (Å²) in [6, 6.07) is 0. The number of nitrogens with one attached hydrogen (secondary N) is 1. The molecule has 0 spiro atoms. The third-order valence-electron chi connectivity index (χ3n) is 4.16. The standard InChI is InChI=1S/C13H28N2O3S/c1-3-12-5-7-13(11-14,8-6-12)15-19(16,17)10-4-9-18-2/h12,15H,3-11,14H2,1-2H3. The number of hydrogen-bond acceptors (Lipinski definition) is 4. The molecule has 0 bridgehead atoms. The van der Waals surface area contributed by atoms with Gasteiger partial charge in [0.1, 0.15) is 0 Å². The molecule has 0 aromatic heterocycles. The average Bonchev–Trinajstić information content (AvgIpc) is 2.39. The summed E-state index contributed by atoms with van der Waals surface area (Å²) in [4.78, 5) is 0. The minimum Gasteiger partial charge on any atom is -0.385 e. The maximum absolute atomic E-state index is 12.1. The quantitative estimate of drug-likeness (QED) is 0.660. The van der Waals surface area contributed by atoms with Crippen molar-refractivity contribution in [3.8, 4) is 0 Å². The summed E-state index contributed by atoms with van der Waals surface area (Å²) in [6.45, 7) is 3.04. The van der Waals surface area contributed by atoms with E-state index in [-0.39, 0.29) is 5.75 Å². The van der Waals surface area contributed by atoms with E-state index in [1.54, 1.807) is 7.11 Å². The van der Waals surface area contributed by atoms with Gasteiger partial charge in [0.05, 0.1) is 5.75 Å². The largest absolute Gasteiger partial charge is 0.385 e. The predicted octanol–water partition coefficient (Wildman–Crippen LogP) is 1.24. The van der Waals surface area contributed by atoms with Gasteiger partial charge in [-0.25, -0.2) is 13.1 Å². The molecule has 6 heteroatoms. The first-order valence-corrected chi connectivity index (χ1v) is 8.83. The Bertz CT molecular complexity index is 349. The fourth-order valence-electron chi connectivity index (χ4n) is 2.76. The van der Waals surface area contributed by atoms with E-state index in [1.807, 2.05) is 0 Å². The highest BCUT2D eigenvalue weighted by Gasteiger charge is 2.36. The Kier molecular flexibility index (Phi) is 6.73. The Morgan fingerprint density at radius 3 is 2.47 bits per heavy atom. The smallest absolute Gasteiger partial charge is 0.212 e. The zero-order valence-corrected chi connectivity index (χ0v) is 13.0. The number of hydrogen-bond donors (Lipinski definition) is 2. The van der Waals surface area contributed by atoms with Crippen molar-refractivity contribution in [1.82, 2.24) is 4.72 Å². The molecule has 0 heterocycles. The molecule has 19 heavy (non-hydrogen) atoms. The highest BCUT2D eigenvalue weighted by atomic mass is 32.2. The second-order valence-electron chi connectivity index (χ2n) is 5.60. The molecule has 1 fully saturated rings. The summed E-state index contributed by atoms with van der Waals surface area (Å²) in [6.07, 6.45) is 5.52. The van der Waals surface area contributed by atoms with Gasteiger partial charge < -0.3 is 10.5 Å². The summed E-state index contributed by atoms with van der Waals surface area (Å²) in [7, 11) is -1.68. The molecule has 0 amide bonds. The molecular formula is C13H28N2O3S. The van der Waals surface area contributed by atoms with E-state index in [2.05, 4.69) is 11.6 Å². The molecule has 0 saturated heterocycles. The third-order valence-corrected chi connectivity index (χ3v) is 5.73. The average molecular weight is 292 g/mol. The molecule has 1 aliphatic carbocycles. The molecule has 1 rings (SSSR count). The lowest BCUT2D eigenvalue weighted by atomic mass is 9.76. The van der Waals surface area contributed by atoms with Crippen LogP contribution in [-0.4, -0.2) is 40.0 Å². The molecule has 0 aromatic rings. The molecule has 0 radical (unpaired) electrons. The minimum absolute atomic E-state index is 0.111. The fourth-order valence-corrected chi connectivity index (χ4v) is 4.31. The summed E-state index contributed by atoms with van der Waals surface area (Å²) in [5, 5.41) is 0. The van der Waals surface area contributed by atoms with Crippen LogP contribution in [0.3, 0.4) is 0 Å². The molecule has 5 nitrogen and oxygen atoms in total. The molecule has 1 saturated carbocycles. The zero-order valence-electron chi connectivity index (χ0n) is 12.2. The normalized spacial score (nSPS) is 28.5. The summed E-state index contributed by atoms with van der Waals surface area (Å²) < 4.78 is 31.9. The van der Waals surface area contributed by atoms with E-state index >= 15 is 0 Å². The van der Waals surface area contributed by atoms with Gasteiger partial charge in [0.25, 0.3) is 0 Å². The number of methoxy groups -OCH3 is 1. The maximum atomic E-state index is 12.1. The van der Waals surface area contributed by atoms with Gasteiger partial charge >= 0.3 is 0 Å². The Balaban J connectivity index is 2.56. The van der Waals surface area contributed by atoms with Crippen molar-refractivity contribution in [1.29, 1.82) is 0 Å². The Morgan fingerprint density at radius 1 is 1.37 bits per heavy atom. The Hall–Kier alpha value is -0.170. The Morgan fingerprint density at radius 2 is 2.00 bits per heavy atom. The number of rotatable bonds is 8. The van der Waals surface area contributed by atoms with Crippen molar-refractivity contribution in [2.24, 2.45) is 11.7 Å². The van der Waals surface area contributed by atoms with Gasteiger partial charge in [0.2, 0.25) is 10.0 Å². The van der Waals surface area contributed by atoms with E-state index in [4.69, 9.17) is 10.5 Å². The summed E-state index contributed by atoms with van der Waals surface area (Å²) >= 11 is 0. The van der Waals surface area contributed by atoms with Crippen LogP contribution in [0.5, 0.6) is 0 Å². The van der Waals surface area contributed by atoms with Crippen LogP contribution in [0.4, 0.5) is 0 Å². The summed E-state index contributed by atoms with van der Waals surface area (Å²) in [5.41, 5.74) is 5.42. The van der Waals surface area contributed by atoms with Gasteiger partial charge in [-0.15, -0.1) is 0 Å². The lowest BCUT2D eigenvalue weighted by Crippen LogP contribution is -2.55. The van der Waals surface area contributed by atoms with Crippen LogP contribution >= 0.6 is 0 Å². The predicted molar refractivity (Wildman–Crippen MR) is 77.4 cm³/mol. The number of nitrogens with two attached hydrogens (primary N) is 1. The maximum Gasteiger partial charge on any atom is 0.212 e. The van der Waals surface area contributed by atoms with Gasteiger partial charge in [-0.1, -0.05) is 13.3 Å². The van der Waals surface area contributed by atoms with E-state index < -0.39 is 15.6 Å². The van der Waals surface area contributed by atoms with E-state index in [1.165, 1.54) is 6.42 Å². The van der Waals surface area contributed by atoms with Gasteiger partial charge in [-0.3, -0.25) is 0 Å². The molecule has 0 atom stereocenters. The fraction of sp³-hybridized carbons (Fsp3) is 1.00. The second kappa shape index (κ2) is 7.57. The first-order valence-electron chi connectivity index (χ1n) is 7.17. The van der Waals surface area contributed by atoms with E-state index in [9.17, 15) is 8.42 Å². The van der Waals surface area contributed by atoms with Crippen LogP contribution in [0, 0.1) is 5.92 Å². The first kappa shape index (κ1) is 16.9. The van der Waals surface area contributed by atoms with E-state index in [0.29, 0.717) is 19.6 Å². The van der Waals surface area contributed by atoms with Gasteiger partial charge in [-0.05, 0) is 38.0 Å². The molecule has 1 aliphatic rings. The molecule has 0 unspecified atom stereocenters. The number of ether oxygens (including phenoxy) is 1. The van der Waals surface area contributed by atoms with Crippen molar-refractivity contribution >= 4 is 10.0 Å². The highest BCUT2D eigenvalue weighted by Crippen LogP contribution is 2.33. The van der Waals surface area contributed by atoms with Gasteiger partial charge in [-0.2, -0.15) is 0 Å². The van der Waals surface area contributed by atoms with Crippen LogP contribution in [0.25, 0.3) is 0 Å². The van der Waals surface area contributed by atoms with Crippen LogP contribution in [0.1, 0.15) is 45.4 Å². The van der Waals surface area contributed by atoms with Gasteiger partial charge in [0.15, 0.2) is 0 Å². The van der Waals surface area contributed by atoms with Crippen molar-refractivity contribution < 1.29 is 13.2 Å². The molecule has 0 aliphatic heterocycles. The molecule has 3 N–H and O–H groups in total. The topological polar surface area (TPSA) is 81.4 Å². The molecule has 114 valence electrons. The van der Waals surface area contributed by atoms with Crippen molar-refractivity contribution in [3.05, 3.63) is 0 Å². The lowest BCUT2D eigenvalue weighted by Gasteiger charge is -2.39. The van der Waals surface area contributed by atoms with Crippen molar-refractivity contribution in [3.63, 3.8) is 0 Å². The third kappa shape index (κ3) is 5.38. The Labute approximate surface area is 117 Å². The van der Waals surface area contributed by atoms with Crippen LogP contribution in [-0.2, 0) is 14.8 Å². The van der Waals surface area contributed by atoms with Crippen molar-refractivity contribution in [2.45, 2.75) is 51.0 Å². The van der Waals surface area contributed by atoms with Gasteiger partial charge in [0, 0.05) is 25.8 Å². The number of sulfonamides is 1. The van der Waals surface area contributed by atoms with Crippen LogP contribution in [0.2, 0.25) is 0 Å². The zero-order chi connectivity index (χ0) is 14.4. The highest BCUT2D eigenvalue weighted by molar-refractivity contribution is 7.89. The van der Waals surface area contributed by atoms with Crippen LogP contribution < -0.4 is 10.5 Å². The second-order valence-corrected chi connectivity index (χ2v) is 7.45. The monoisotopic (exact) mass is 292 g/mol. The van der Waals surface area contributed by atoms with Crippen molar-refractivity contribution in [2.75, 3.05) is 26.0 Å².